The Balaban J connectivity index is 1.73. The van der Waals surface area contributed by atoms with E-state index < -0.39 is 5.41 Å². The number of aryl methyl sites for hydroxylation is 1. The predicted octanol–water partition coefficient (Wildman–Crippen LogP) is 4.40. The van der Waals surface area contributed by atoms with Gasteiger partial charge in [-0.05, 0) is 43.0 Å². The van der Waals surface area contributed by atoms with Gasteiger partial charge in [0.05, 0.1) is 6.54 Å². The zero-order valence-corrected chi connectivity index (χ0v) is 19.3. The number of benzene rings is 1. The predicted molar refractivity (Wildman–Crippen MR) is 125 cm³/mol. The quantitative estimate of drug-likeness (QED) is 0.564. The molecule has 0 atom stereocenters. The SMILES string of the molecule is C=CCN(Cc1cccn1Cc1ccccc1C)C(=O)CN(C(=O)C(C)(C)C)C1CC1. The molecule has 1 aromatic heterocycles. The van der Waals surface area contributed by atoms with Crippen LogP contribution in [0.1, 0.15) is 50.4 Å². The van der Waals surface area contributed by atoms with Crippen molar-refractivity contribution >= 4 is 11.8 Å². The zero-order valence-electron chi connectivity index (χ0n) is 19.3. The minimum absolute atomic E-state index is 0.0342. The van der Waals surface area contributed by atoms with Crippen molar-refractivity contribution in [1.29, 1.82) is 0 Å². The molecular formula is C26H35N3O2. The summed E-state index contributed by atoms with van der Waals surface area (Å²) < 4.78 is 2.19. The van der Waals surface area contributed by atoms with E-state index in [1.54, 1.807) is 15.9 Å². The Hall–Kier alpha value is -2.82. The molecule has 3 rings (SSSR count). The Kier molecular flexibility index (Phi) is 7.04. The summed E-state index contributed by atoms with van der Waals surface area (Å²) >= 11 is 0. The molecule has 5 heteroatoms. The first-order valence-electron chi connectivity index (χ1n) is 11.1. The van der Waals surface area contributed by atoms with Crippen molar-refractivity contribution in [2.24, 2.45) is 5.41 Å². The van der Waals surface area contributed by atoms with Crippen molar-refractivity contribution in [2.45, 2.75) is 59.7 Å². The molecule has 0 aliphatic heterocycles. The van der Waals surface area contributed by atoms with Gasteiger partial charge in [-0.1, -0.05) is 51.1 Å². The van der Waals surface area contributed by atoms with Gasteiger partial charge in [-0.2, -0.15) is 0 Å². The Morgan fingerprint density at radius 3 is 2.48 bits per heavy atom. The van der Waals surface area contributed by atoms with Gasteiger partial charge in [0, 0.05) is 36.4 Å². The van der Waals surface area contributed by atoms with E-state index >= 15 is 0 Å². The fourth-order valence-corrected chi connectivity index (χ4v) is 3.75. The summed E-state index contributed by atoms with van der Waals surface area (Å²) in [6, 6.07) is 12.6. The topological polar surface area (TPSA) is 45.6 Å². The molecule has 166 valence electrons. The third-order valence-corrected chi connectivity index (χ3v) is 5.78. The maximum absolute atomic E-state index is 13.2. The maximum atomic E-state index is 13.2. The van der Waals surface area contributed by atoms with E-state index in [1.807, 2.05) is 32.9 Å². The highest BCUT2D eigenvalue weighted by molar-refractivity contribution is 5.88. The lowest BCUT2D eigenvalue weighted by molar-refractivity contribution is -0.146. The highest BCUT2D eigenvalue weighted by Crippen LogP contribution is 2.31. The van der Waals surface area contributed by atoms with Crippen LogP contribution in [-0.4, -0.2) is 45.3 Å². The number of carbonyl (C=O) groups is 2. The third kappa shape index (κ3) is 5.87. The number of carbonyl (C=O) groups excluding carboxylic acids is 2. The molecule has 1 aliphatic carbocycles. The lowest BCUT2D eigenvalue weighted by Crippen LogP contribution is -2.47. The maximum Gasteiger partial charge on any atom is 0.242 e. The van der Waals surface area contributed by atoms with Crippen LogP contribution >= 0.6 is 0 Å². The molecule has 1 fully saturated rings. The minimum Gasteiger partial charge on any atom is -0.345 e. The van der Waals surface area contributed by atoms with Crippen LogP contribution in [0.4, 0.5) is 0 Å². The summed E-state index contributed by atoms with van der Waals surface area (Å²) in [5.74, 6) is 0.0119. The van der Waals surface area contributed by atoms with Crippen molar-refractivity contribution < 1.29 is 9.59 Å². The van der Waals surface area contributed by atoms with Gasteiger partial charge in [0.2, 0.25) is 11.8 Å². The number of nitrogens with zero attached hydrogens (tertiary/aromatic N) is 3. The molecule has 5 nitrogen and oxygen atoms in total. The Bertz CT molecular complexity index is 934. The normalized spacial score (nSPS) is 13.7. The fourth-order valence-electron chi connectivity index (χ4n) is 3.75. The standard InChI is InChI=1S/C26H35N3O2/c1-6-15-28(24(30)19-29(22-13-14-22)25(31)26(3,4)5)18-23-12-9-16-27(23)17-21-11-8-7-10-20(21)2/h6-12,16,22H,1,13-15,17-19H2,2-5H3. The smallest absolute Gasteiger partial charge is 0.242 e. The van der Waals surface area contributed by atoms with Gasteiger partial charge in [0.25, 0.3) is 0 Å². The van der Waals surface area contributed by atoms with Gasteiger partial charge in [0.15, 0.2) is 0 Å². The second-order valence-corrected chi connectivity index (χ2v) is 9.53. The molecule has 0 radical (unpaired) electrons. The number of rotatable bonds is 9. The van der Waals surface area contributed by atoms with Crippen molar-refractivity contribution in [3.63, 3.8) is 0 Å². The summed E-state index contributed by atoms with van der Waals surface area (Å²) in [6.45, 7) is 13.5. The van der Waals surface area contributed by atoms with E-state index in [0.717, 1.165) is 25.1 Å². The first-order chi connectivity index (χ1) is 14.7. The van der Waals surface area contributed by atoms with E-state index in [1.165, 1.54) is 11.1 Å². The molecular weight excluding hydrogens is 386 g/mol. The molecule has 31 heavy (non-hydrogen) atoms. The largest absolute Gasteiger partial charge is 0.345 e. The van der Waals surface area contributed by atoms with Gasteiger partial charge in [0.1, 0.15) is 6.54 Å². The van der Waals surface area contributed by atoms with Crippen LogP contribution in [-0.2, 0) is 22.7 Å². The molecule has 0 N–H and O–H groups in total. The molecule has 1 aliphatic rings. The summed E-state index contributed by atoms with van der Waals surface area (Å²) in [5.41, 5.74) is 3.09. The van der Waals surface area contributed by atoms with Crippen LogP contribution in [0.5, 0.6) is 0 Å². The minimum atomic E-state index is -0.492. The summed E-state index contributed by atoms with van der Waals surface area (Å²) in [6.07, 6.45) is 5.77. The van der Waals surface area contributed by atoms with Gasteiger partial charge in [-0.25, -0.2) is 0 Å². The summed E-state index contributed by atoms with van der Waals surface area (Å²) in [7, 11) is 0. The molecule has 2 aromatic rings. The number of amides is 2. The molecule has 2 amide bonds. The Morgan fingerprint density at radius 1 is 1.16 bits per heavy atom. The summed E-state index contributed by atoms with van der Waals surface area (Å²) in [4.78, 5) is 29.7. The van der Waals surface area contributed by atoms with E-state index in [0.29, 0.717) is 13.1 Å². The first kappa shape index (κ1) is 22.9. The van der Waals surface area contributed by atoms with E-state index in [9.17, 15) is 9.59 Å². The third-order valence-electron chi connectivity index (χ3n) is 5.78. The average Bonchev–Trinajstić information content (AvgIpc) is 3.47. The zero-order chi connectivity index (χ0) is 22.6. The van der Waals surface area contributed by atoms with Gasteiger partial charge < -0.3 is 14.4 Å². The highest BCUT2D eigenvalue weighted by Gasteiger charge is 2.39. The fraction of sp³-hybridized carbons (Fsp3) is 0.462. The van der Waals surface area contributed by atoms with Crippen LogP contribution in [0.25, 0.3) is 0 Å². The van der Waals surface area contributed by atoms with Crippen LogP contribution in [0.2, 0.25) is 0 Å². The molecule has 1 aromatic carbocycles. The van der Waals surface area contributed by atoms with E-state index in [2.05, 4.69) is 48.5 Å². The number of hydrogen-bond donors (Lipinski definition) is 0. The average molecular weight is 422 g/mol. The second-order valence-electron chi connectivity index (χ2n) is 9.53. The van der Waals surface area contributed by atoms with Crippen molar-refractivity contribution in [2.75, 3.05) is 13.1 Å². The number of aromatic nitrogens is 1. The molecule has 1 saturated carbocycles. The van der Waals surface area contributed by atoms with Crippen LogP contribution in [0, 0.1) is 12.3 Å². The van der Waals surface area contributed by atoms with E-state index in [4.69, 9.17) is 0 Å². The van der Waals surface area contributed by atoms with Crippen molar-refractivity contribution in [3.05, 3.63) is 72.1 Å². The lowest BCUT2D eigenvalue weighted by Gasteiger charge is -2.31. The molecule has 0 saturated heterocycles. The monoisotopic (exact) mass is 421 g/mol. The van der Waals surface area contributed by atoms with Crippen molar-refractivity contribution in [3.8, 4) is 0 Å². The van der Waals surface area contributed by atoms with Crippen LogP contribution in [0.15, 0.2) is 55.3 Å². The Labute approximate surface area is 186 Å². The molecule has 0 unspecified atom stereocenters. The molecule has 0 bridgehead atoms. The number of hydrogen-bond acceptors (Lipinski definition) is 2. The van der Waals surface area contributed by atoms with Gasteiger partial charge in [-0.3, -0.25) is 9.59 Å². The second kappa shape index (κ2) is 9.54. The molecule has 0 spiro atoms. The first-order valence-corrected chi connectivity index (χ1v) is 11.1. The van der Waals surface area contributed by atoms with Crippen LogP contribution in [0.3, 0.4) is 0 Å². The van der Waals surface area contributed by atoms with Crippen LogP contribution < -0.4 is 0 Å². The lowest BCUT2D eigenvalue weighted by atomic mass is 9.94. The molecule has 1 heterocycles. The van der Waals surface area contributed by atoms with Crippen molar-refractivity contribution in [1.82, 2.24) is 14.4 Å². The van der Waals surface area contributed by atoms with E-state index in [-0.39, 0.29) is 24.4 Å². The highest BCUT2D eigenvalue weighted by atomic mass is 16.2. The summed E-state index contributed by atoms with van der Waals surface area (Å²) in [5, 5.41) is 0. The Morgan fingerprint density at radius 2 is 1.87 bits per heavy atom. The van der Waals surface area contributed by atoms with Gasteiger partial charge >= 0.3 is 0 Å². The van der Waals surface area contributed by atoms with Gasteiger partial charge in [-0.15, -0.1) is 6.58 Å².